The first-order chi connectivity index (χ1) is 8.81. The van der Waals surface area contributed by atoms with Crippen LogP contribution < -0.4 is 5.32 Å². The van der Waals surface area contributed by atoms with E-state index in [9.17, 15) is 4.79 Å². The smallest absolute Gasteiger partial charge is 0.323 e. The zero-order valence-corrected chi connectivity index (χ0v) is 12.4. The van der Waals surface area contributed by atoms with Crippen LogP contribution in [0.25, 0.3) is 0 Å². The molecule has 0 saturated heterocycles. The molecule has 0 aromatic heterocycles. The van der Waals surface area contributed by atoms with E-state index in [0.717, 1.165) is 12.8 Å². The summed E-state index contributed by atoms with van der Waals surface area (Å²) in [7, 11) is 0. The Bertz CT molecular complexity index is 407. The third kappa shape index (κ3) is 5.43. The lowest BCUT2D eigenvalue weighted by Gasteiger charge is -2.20. The Morgan fingerprint density at radius 1 is 1.21 bits per heavy atom. The predicted octanol–water partition coefficient (Wildman–Crippen LogP) is 2.88. The molecule has 2 N–H and O–H groups in total. The molecular formula is C16H25NO2. The van der Waals surface area contributed by atoms with Crippen molar-refractivity contribution in [1.29, 1.82) is 0 Å². The van der Waals surface area contributed by atoms with Gasteiger partial charge in [-0.1, -0.05) is 38.1 Å². The zero-order chi connectivity index (χ0) is 14.5. The number of carbonyl (C=O) groups is 1. The quantitative estimate of drug-likeness (QED) is 0.795. The second-order valence-electron chi connectivity index (χ2n) is 6.02. The maximum Gasteiger partial charge on any atom is 0.323 e. The van der Waals surface area contributed by atoms with E-state index in [2.05, 4.69) is 43.4 Å². The SMILES string of the molecule is CC(C)Cc1ccc(CCNC(C)(C)C(=O)O)cc1. The van der Waals surface area contributed by atoms with Crippen LogP contribution in [0.15, 0.2) is 24.3 Å². The normalized spacial score (nSPS) is 11.8. The molecule has 0 amide bonds. The van der Waals surface area contributed by atoms with E-state index >= 15 is 0 Å². The van der Waals surface area contributed by atoms with Gasteiger partial charge in [0.2, 0.25) is 0 Å². The first-order valence-corrected chi connectivity index (χ1v) is 6.87. The van der Waals surface area contributed by atoms with Crippen LogP contribution in [0.4, 0.5) is 0 Å². The van der Waals surface area contributed by atoms with Gasteiger partial charge in [-0.05, 0) is 43.7 Å². The Balaban J connectivity index is 2.44. The Kier molecular flexibility index (Phi) is 5.55. The predicted molar refractivity (Wildman–Crippen MR) is 78.4 cm³/mol. The summed E-state index contributed by atoms with van der Waals surface area (Å²) >= 11 is 0. The van der Waals surface area contributed by atoms with Crippen molar-refractivity contribution < 1.29 is 9.90 Å². The second-order valence-corrected chi connectivity index (χ2v) is 6.02. The van der Waals surface area contributed by atoms with E-state index in [0.29, 0.717) is 12.5 Å². The van der Waals surface area contributed by atoms with Crippen LogP contribution in [-0.4, -0.2) is 23.2 Å². The third-order valence-electron chi connectivity index (χ3n) is 3.18. The largest absolute Gasteiger partial charge is 0.480 e. The number of carboxylic acids is 1. The van der Waals surface area contributed by atoms with Gasteiger partial charge in [-0.15, -0.1) is 0 Å². The van der Waals surface area contributed by atoms with Gasteiger partial charge in [0.25, 0.3) is 0 Å². The molecule has 0 spiro atoms. The number of hydrogen-bond acceptors (Lipinski definition) is 2. The lowest BCUT2D eigenvalue weighted by molar-refractivity contribution is -0.143. The molecule has 0 bridgehead atoms. The lowest BCUT2D eigenvalue weighted by Crippen LogP contribution is -2.47. The van der Waals surface area contributed by atoms with Crippen molar-refractivity contribution in [3.05, 3.63) is 35.4 Å². The first-order valence-electron chi connectivity index (χ1n) is 6.87. The summed E-state index contributed by atoms with van der Waals surface area (Å²) in [6.45, 7) is 8.46. The molecule has 0 atom stereocenters. The maximum atomic E-state index is 10.9. The van der Waals surface area contributed by atoms with Gasteiger partial charge in [0, 0.05) is 6.54 Å². The van der Waals surface area contributed by atoms with Gasteiger partial charge in [-0.25, -0.2) is 0 Å². The number of hydrogen-bond donors (Lipinski definition) is 2. The van der Waals surface area contributed by atoms with Crippen molar-refractivity contribution in [2.75, 3.05) is 6.54 Å². The molecular weight excluding hydrogens is 238 g/mol. The Labute approximate surface area is 116 Å². The van der Waals surface area contributed by atoms with E-state index in [-0.39, 0.29) is 0 Å². The van der Waals surface area contributed by atoms with Crippen molar-refractivity contribution in [1.82, 2.24) is 5.32 Å². The van der Waals surface area contributed by atoms with Crippen molar-refractivity contribution in [2.24, 2.45) is 5.92 Å². The molecule has 19 heavy (non-hydrogen) atoms. The average Bonchev–Trinajstić information content (AvgIpc) is 2.30. The topological polar surface area (TPSA) is 49.3 Å². The Morgan fingerprint density at radius 3 is 2.21 bits per heavy atom. The minimum Gasteiger partial charge on any atom is -0.480 e. The molecule has 0 fully saturated rings. The monoisotopic (exact) mass is 263 g/mol. The summed E-state index contributed by atoms with van der Waals surface area (Å²) in [6.07, 6.45) is 1.95. The van der Waals surface area contributed by atoms with Crippen molar-refractivity contribution in [2.45, 2.75) is 46.1 Å². The highest BCUT2D eigenvalue weighted by molar-refractivity contribution is 5.77. The van der Waals surface area contributed by atoms with Crippen LogP contribution in [0.5, 0.6) is 0 Å². The standard InChI is InChI=1S/C16H25NO2/c1-12(2)11-14-7-5-13(6-8-14)9-10-17-16(3,4)15(18)19/h5-8,12,17H,9-11H2,1-4H3,(H,18,19). The molecule has 0 unspecified atom stereocenters. The fourth-order valence-electron chi connectivity index (χ4n) is 1.91. The second kappa shape index (κ2) is 6.71. The Hall–Kier alpha value is -1.35. The fourth-order valence-corrected chi connectivity index (χ4v) is 1.91. The van der Waals surface area contributed by atoms with Crippen LogP contribution in [0.1, 0.15) is 38.8 Å². The van der Waals surface area contributed by atoms with E-state index in [4.69, 9.17) is 5.11 Å². The maximum absolute atomic E-state index is 10.9. The number of carboxylic acid groups (broad SMARTS) is 1. The lowest BCUT2D eigenvalue weighted by atomic mass is 10.0. The molecule has 3 heteroatoms. The molecule has 3 nitrogen and oxygen atoms in total. The molecule has 0 heterocycles. The average molecular weight is 263 g/mol. The molecule has 0 radical (unpaired) electrons. The summed E-state index contributed by atoms with van der Waals surface area (Å²) in [4.78, 5) is 10.9. The van der Waals surface area contributed by atoms with E-state index in [1.165, 1.54) is 11.1 Å². The fraction of sp³-hybridized carbons (Fsp3) is 0.562. The first kappa shape index (κ1) is 15.7. The summed E-state index contributed by atoms with van der Waals surface area (Å²) < 4.78 is 0. The van der Waals surface area contributed by atoms with Crippen LogP contribution in [0, 0.1) is 5.92 Å². The Morgan fingerprint density at radius 2 is 1.74 bits per heavy atom. The van der Waals surface area contributed by atoms with Crippen LogP contribution in [0.2, 0.25) is 0 Å². The van der Waals surface area contributed by atoms with Gasteiger partial charge in [0.1, 0.15) is 5.54 Å². The highest BCUT2D eigenvalue weighted by atomic mass is 16.4. The van der Waals surface area contributed by atoms with Gasteiger partial charge < -0.3 is 10.4 Å². The van der Waals surface area contributed by atoms with E-state index in [1.54, 1.807) is 13.8 Å². The van der Waals surface area contributed by atoms with Crippen LogP contribution in [0.3, 0.4) is 0 Å². The van der Waals surface area contributed by atoms with E-state index in [1.807, 2.05) is 0 Å². The number of rotatable bonds is 7. The minimum atomic E-state index is -0.864. The summed E-state index contributed by atoms with van der Waals surface area (Å²) in [5.41, 5.74) is 1.73. The van der Waals surface area contributed by atoms with Gasteiger partial charge in [0.15, 0.2) is 0 Å². The minimum absolute atomic E-state index is 0.669. The van der Waals surface area contributed by atoms with Gasteiger partial charge in [-0.2, -0.15) is 0 Å². The van der Waals surface area contributed by atoms with E-state index < -0.39 is 11.5 Å². The molecule has 0 saturated carbocycles. The summed E-state index contributed by atoms with van der Waals surface area (Å²) in [5.74, 6) is -0.149. The molecule has 1 rings (SSSR count). The van der Waals surface area contributed by atoms with Gasteiger partial charge >= 0.3 is 5.97 Å². The summed E-state index contributed by atoms with van der Waals surface area (Å²) in [6, 6.07) is 8.59. The number of aliphatic carboxylic acids is 1. The highest BCUT2D eigenvalue weighted by Crippen LogP contribution is 2.10. The van der Waals surface area contributed by atoms with Crippen molar-refractivity contribution in [3.63, 3.8) is 0 Å². The molecule has 0 aliphatic rings. The van der Waals surface area contributed by atoms with Crippen molar-refractivity contribution >= 4 is 5.97 Å². The molecule has 1 aromatic rings. The number of benzene rings is 1. The number of nitrogens with one attached hydrogen (secondary N) is 1. The van der Waals surface area contributed by atoms with Crippen molar-refractivity contribution in [3.8, 4) is 0 Å². The molecule has 106 valence electrons. The summed E-state index contributed by atoms with van der Waals surface area (Å²) in [5, 5.41) is 12.1. The highest BCUT2D eigenvalue weighted by Gasteiger charge is 2.25. The third-order valence-corrected chi connectivity index (χ3v) is 3.18. The molecule has 0 aliphatic heterocycles. The van der Waals surface area contributed by atoms with Gasteiger partial charge in [0.05, 0.1) is 0 Å². The van der Waals surface area contributed by atoms with Crippen LogP contribution in [-0.2, 0) is 17.6 Å². The van der Waals surface area contributed by atoms with Gasteiger partial charge in [-0.3, -0.25) is 4.79 Å². The molecule has 0 aliphatic carbocycles. The van der Waals surface area contributed by atoms with Crippen LogP contribution >= 0.6 is 0 Å². The molecule has 1 aromatic carbocycles. The zero-order valence-electron chi connectivity index (χ0n) is 12.4.